The molecular formula is C25H26FN5O2. The number of urea groups is 1. The quantitative estimate of drug-likeness (QED) is 0.507. The number of aromatic nitrogens is 1. The lowest BCUT2D eigenvalue weighted by molar-refractivity contribution is 0.0951. The second kappa shape index (κ2) is 10.6. The Morgan fingerprint density at radius 3 is 2.45 bits per heavy atom. The Morgan fingerprint density at radius 1 is 0.939 bits per heavy atom. The van der Waals surface area contributed by atoms with Crippen LogP contribution in [0, 0.1) is 5.82 Å². The van der Waals surface area contributed by atoms with E-state index in [0.29, 0.717) is 23.5 Å². The molecule has 1 fully saturated rings. The van der Waals surface area contributed by atoms with Crippen molar-refractivity contribution in [2.75, 3.05) is 28.6 Å². The first-order chi connectivity index (χ1) is 16.1. The van der Waals surface area contributed by atoms with Gasteiger partial charge in [0, 0.05) is 49.1 Å². The Morgan fingerprint density at radius 2 is 1.73 bits per heavy atom. The zero-order chi connectivity index (χ0) is 23.0. The maximum atomic E-state index is 13.4. The van der Waals surface area contributed by atoms with E-state index >= 15 is 0 Å². The van der Waals surface area contributed by atoms with Crippen LogP contribution in [0.4, 0.5) is 26.2 Å². The van der Waals surface area contributed by atoms with Crippen molar-refractivity contribution in [1.82, 2.24) is 10.3 Å². The van der Waals surface area contributed by atoms with Gasteiger partial charge >= 0.3 is 6.03 Å². The Hall–Kier alpha value is -3.94. The fourth-order valence-corrected chi connectivity index (χ4v) is 3.85. The van der Waals surface area contributed by atoms with Crippen molar-refractivity contribution < 1.29 is 14.0 Å². The van der Waals surface area contributed by atoms with E-state index in [1.807, 2.05) is 18.2 Å². The van der Waals surface area contributed by atoms with Crippen LogP contribution in [0.2, 0.25) is 0 Å². The van der Waals surface area contributed by atoms with Gasteiger partial charge in [-0.15, -0.1) is 0 Å². The Bertz CT molecular complexity index is 1120. The molecule has 7 nitrogen and oxygen atoms in total. The molecule has 3 N–H and O–H groups in total. The lowest BCUT2D eigenvalue weighted by Gasteiger charge is -2.30. The Labute approximate surface area is 192 Å². The lowest BCUT2D eigenvalue weighted by Crippen LogP contribution is -2.33. The minimum atomic E-state index is -0.520. The highest BCUT2D eigenvalue weighted by molar-refractivity contribution is 6.04. The van der Waals surface area contributed by atoms with Crippen LogP contribution >= 0.6 is 0 Å². The highest BCUT2D eigenvalue weighted by Crippen LogP contribution is 2.27. The molecule has 2 heterocycles. The first-order valence-electron chi connectivity index (χ1n) is 11.0. The van der Waals surface area contributed by atoms with Gasteiger partial charge in [-0.2, -0.15) is 0 Å². The summed E-state index contributed by atoms with van der Waals surface area (Å²) >= 11 is 0. The van der Waals surface area contributed by atoms with E-state index in [0.717, 1.165) is 37.2 Å². The maximum Gasteiger partial charge on any atom is 0.323 e. The average Bonchev–Trinajstić information content (AvgIpc) is 2.83. The van der Waals surface area contributed by atoms with Crippen LogP contribution in [0.3, 0.4) is 0 Å². The van der Waals surface area contributed by atoms with E-state index in [1.165, 1.54) is 24.6 Å². The molecule has 2 aromatic carbocycles. The molecule has 0 spiro atoms. The number of anilines is 3. The van der Waals surface area contributed by atoms with Gasteiger partial charge in [0.15, 0.2) is 0 Å². The van der Waals surface area contributed by atoms with Gasteiger partial charge in [0.1, 0.15) is 5.82 Å². The van der Waals surface area contributed by atoms with E-state index in [9.17, 15) is 14.0 Å². The number of hydrogen-bond acceptors (Lipinski definition) is 4. The number of piperidine rings is 1. The van der Waals surface area contributed by atoms with Crippen molar-refractivity contribution in [3.8, 4) is 0 Å². The van der Waals surface area contributed by atoms with Gasteiger partial charge in [-0.3, -0.25) is 9.78 Å². The number of carbonyl (C=O) groups excluding carboxylic acids is 2. The van der Waals surface area contributed by atoms with Crippen molar-refractivity contribution in [1.29, 1.82) is 0 Å². The van der Waals surface area contributed by atoms with Crippen molar-refractivity contribution in [3.05, 3.63) is 83.9 Å². The summed E-state index contributed by atoms with van der Waals surface area (Å²) in [7, 11) is 0. The summed E-state index contributed by atoms with van der Waals surface area (Å²) in [4.78, 5) is 31.8. The predicted octanol–water partition coefficient (Wildman–Crippen LogP) is 4.79. The summed E-state index contributed by atoms with van der Waals surface area (Å²) in [5.41, 5.74) is 3.04. The zero-order valence-corrected chi connectivity index (χ0v) is 18.2. The zero-order valence-electron chi connectivity index (χ0n) is 18.2. The largest absolute Gasteiger partial charge is 0.371 e. The highest BCUT2D eigenvalue weighted by Gasteiger charge is 2.20. The number of rotatable bonds is 6. The molecule has 4 rings (SSSR count). The number of nitrogens with zero attached hydrogens (tertiary/aromatic N) is 2. The maximum absolute atomic E-state index is 13.4. The molecule has 8 heteroatoms. The van der Waals surface area contributed by atoms with Crippen LogP contribution in [0.25, 0.3) is 0 Å². The highest BCUT2D eigenvalue weighted by atomic mass is 19.1. The number of pyridine rings is 1. The van der Waals surface area contributed by atoms with E-state index in [-0.39, 0.29) is 5.91 Å². The third kappa shape index (κ3) is 6.06. The SMILES string of the molecule is O=C(Nc1cccc(F)c1)Nc1ccc(N2CCCCC2)c(C(=O)NCc2cccnc2)c1. The lowest BCUT2D eigenvalue weighted by atomic mass is 10.1. The molecule has 0 radical (unpaired) electrons. The Balaban J connectivity index is 1.51. The molecular weight excluding hydrogens is 421 g/mol. The number of halogens is 1. The summed E-state index contributed by atoms with van der Waals surface area (Å²) in [6.07, 6.45) is 6.73. The average molecular weight is 448 g/mol. The molecule has 170 valence electrons. The molecule has 1 saturated heterocycles. The molecule has 3 aromatic rings. The third-order valence-electron chi connectivity index (χ3n) is 5.45. The molecule has 33 heavy (non-hydrogen) atoms. The summed E-state index contributed by atoms with van der Waals surface area (Å²) in [5.74, 6) is -0.667. The fourth-order valence-electron chi connectivity index (χ4n) is 3.85. The first-order valence-corrected chi connectivity index (χ1v) is 11.0. The predicted molar refractivity (Wildman–Crippen MR) is 127 cm³/mol. The first kappa shape index (κ1) is 22.3. The minimum Gasteiger partial charge on any atom is -0.371 e. The number of nitrogens with one attached hydrogen (secondary N) is 3. The molecule has 0 saturated carbocycles. The molecule has 0 atom stereocenters. The van der Waals surface area contributed by atoms with Crippen LogP contribution in [-0.2, 0) is 6.54 Å². The topological polar surface area (TPSA) is 86.4 Å². The van der Waals surface area contributed by atoms with E-state index in [2.05, 4.69) is 25.8 Å². The van der Waals surface area contributed by atoms with Gasteiger partial charge < -0.3 is 20.9 Å². The molecule has 1 aliphatic heterocycles. The fraction of sp³-hybridized carbons (Fsp3) is 0.240. The van der Waals surface area contributed by atoms with E-state index in [4.69, 9.17) is 0 Å². The van der Waals surface area contributed by atoms with Crippen molar-refractivity contribution in [2.24, 2.45) is 0 Å². The minimum absolute atomic E-state index is 0.228. The number of hydrogen-bond donors (Lipinski definition) is 3. The van der Waals surface area contributed by atoms with Gasteiger partial charge in [0.2, 0.25) is 0 Å². The Kier molecular flexibility index (Phi) is 7.14. The number of benzene rings is 2. The molecule has 1 aromatic heterocycles. The summed E-state index contributed by atoms with van der Waals surface area (Å²) in [5, 5.41) is 8.27. The van der Waals surface area contributed by atoms with Crippen molar-refractivity contribution in [2.45, 2.75) is 25.8 Å². The van der Waals surface area contributed by atoms with Crippen LogP contribution in [-0.4, -0.2) is 30.0 Å². The molecule has 0 bridgehead atoms. The van der Waals surface area contributed by atoms with Crippen LogP contribution in [0.5, 0.6) is 0 Å². The smallest absolute Gasteiger partial charge is 0.323 e. The number of amides is 3. The van der Waals surface area contributed by atoms with Crippen LogP contribution in [0.1, 0.15) is 35.2 Å². The monoisotopic (exact) mass is 447 g/mol. The number of carbonyl (C=O) groups is 2. The van der Waals surface area contributed by atoms with Gasteiger partial charge in [-0.25, -0.2) is 9.18 Å². The van der Waals surface area contributed by atoms with Gasteiger partial charge in [0.05, 0.1) is 5.56 Å². The standard InChI is InChI=1S/C25H26FN5O2/c26-19-7-4-8-20(14-19)29-25(33)30-21-9-10-23(31-12-2-1-3-13-31)22(15-21)24(32)28-17-18-6-5-11-27-16-18/h4-11,14-16H,1-3,12-13,17H2,(H,28,32)(H2,29,30,33). The summed E-state index contributed by atoms with van der Waals surface area (Å²) < 4.78 is 13.4. The normalized spacial score (nSPS) is 13.3. The van der Waals surface area contributed by atoms with Crippen molar-refractivity contribution >= 4 is 29.0 Å². The molecule has 0 aliphatic carbocycles. The van der Waals surface area contributed by atoms with Crippen LogP contribution in [0.15, 0.2) is 67.0 Å². The van der Waals surface area contributed by atoms with Gasteiger partial charge in [0.25, 0.3) is 5.91 Å². The molecule has 3 amide bonds. The summed E-state index contributed by atoms with van der Waals surface area (Å²) in [6.45, 7) is 2.12. The molecule has 0 unspecified atom stereocenters. The third-order valence-corrected chi connectivity index (χ3v) is 5.45. The second-order valence-corrected chi connectivity index (χ2v) is 7.91. The van der Waals surface area contributed by atoms with Crippen molar-refractivity contribution in [3.63, 3.8) is 0 Å². The summed E-state index contributed by atoms with van der Waals surface area (Å²) in [6, 6.07) is 14.2. The second-order valence-electron chi connectivity index (χ2n) is 7.91. The molecule has 1 aliphatic rings. The van der Waals surface area contributed by atoms with Gasteiger partial charge in [-0.05, 0) is 67.3 Å². The van der Waals surface area contributed by atoms with Crippen LogP contribution < -0.4 is 20.9 Å². The van der Waals surface area contributed by atoms with E-state index < -0.39 is 11.8 Å². The van der Waals surface area contributed by atoms with E-state index in [1.54, 1.807) is 30.6 Å². The van der Waals surface area contributed by atoms with Gasteiger partial charge in [-0.1, -0.05) is 12.1 Å².